The smallest absolute Gasteiger partial charge is 0.337 e. The number of carboxylic acid groups (broad SMARTS) is 1. The summed E-state index contributed by atoms with van der Waals surface area (Å²) < 4.78 is 41.4. The molecule has 224 valence electrons. The summed E-state index contributed by atoms with van der Waals surface area (Å²) in [6.07, 6.45) is 5.73. The van der Waals surface area contributed by atoms with Gasteiger partial charge in [-0.1, -0.05) is 25.3 Å². The molecule has 41 heavy (non-hydrogen) atoms. The Bertz CT molecular complexity index is 1450. The Morgan fingerprint density at radius 1 is 0.976 bits per heavy atom. The first-order valence-electron chi connectivity index (χ1n) is 15.1. The van der Waals surface area contributed by atoms with E-state index >= 15 is 0 Å². The van der Waals surface area contributed by atoms with Gasteiger partial charge in [-0.05, 0) is 124 Å². The highest BCUT2D eigenvalue weighted by Crippen LogP contribution is 2.46. The first kappa shape index (κ1) is 30.1. The molecular weight excluding hydrogens is 538 g/mol. The van der Waals surface area contributed by atoms with E-state index in [9.17, 15) is 18.3 Å². The number of ether oxygens (including phenoxy) is 2. The van der Waals surface area contributed by atoms with Gasteiger partial charge in [0.15, 0.2) is 6.10 Å². The minimum Gasteiger partial charge on any atom is -0.493 e. The molecule has 2 aromatic rings. The van der Waals surface area contributed by atoms with Crippen LogP contribution in [0.4, 0.5) is 0 Å². The molecule has 8 heteroatoms. The standard InChI is InChI=1S/C33H45NO6S/c1-20-25-13-10-18-39-28(25)15-14-26(20)29-22(3)27-19-34(41(37,38)23-11-8-7-9-12-23)17-16-24(27)21(2)30(29)31(32(35)36)40-33(4,5)6/h14-15,23,31H,7-13,16-19H2,1-6H3,(H,35,36)/t31-/m1/s1. The highest BCUT2D eigenvalue weighted by molar-refractivity contribution is 7.89. The van der Waals surface area contributed by atoms with Crippen LogP contribution in [0, 0.1) is 20.8 Å². The van der Waals surface area contributed by atoms with Gasteiger partial charge in [-0.3, -0.25) is 0 Å². The van der Waals surface area contributed by atoms with Gasteiger partial charge >= 0.3 is 5.97 Å². The fraction of sp³-hybridized carbons (Fsp3) is 0.606. The molecule has 1 N–H and O–H groups in total. The Morgan fingerprint density at radius 3 is 2.34 bits per heavy atom. The number of hydrogen-bond acceptors (Lipinski definition) is 5. The van der Waals surface area contributed by atoms with Gasteiger partial charge in [0.1, 0.15) is 5.75 Å². The molecule has 0 unspecified atom stereocenters. The summed E-state index contributed by atoms with van der Waals surface area (Å²) in [5.41, 5.74) is 7.91. The van der Waals surface area contributed by atoms with E-state index in [1.54, 1.807) is 4.31 Å². The van der Waals surface area contributed by atoms with Crippen molar-refractivity contribution in [2.75, 3.05) is 13.2 Å². The third kappa shape index (κ3) is 5.67. The average Bonchev–Trinajstić information content (AvgIpc) is 2.94. The fourth-order valence-electron chi connectivity index (χ4n) is 7.13. The molecule has 5 rings (SSSR count). The number of aliphatic carboxylic acids is 1. The van der Waals surface area contributed by atoms with Crippen LogP contribution in [-0.2, 0) is 38.9 Å². The summed E-state index contributed by atoms with van der Waals surface area (Å²) >= 11 is 0. The van der Waals surface area contributed by atoms with Gasteiger partial charge in [-0.2, -0.15) is 4.31 Å². The average molecular weight is 584 g/mol. The largest absolute Gasteiger partial charge is 0.493 e. The first-order valence-corrected chi connectivity index (χ1v) is 16.6. The van der Waals surface area contributed by atoms with Gasteiger partial charge in [0.05, 0.1) is 17.5 Å². The molecule has 3 aliphatic rings. The monoisotopic (exact) mass is 583 g/mol. The normalized spacial score (nSPS) is 19.3. The summed E-state index contributed by atoms with van der Waals surface area (Å²) in [6, 6.07) is 4.03. The number of sulfonamides is 1. The van der Waals surface area contributed by atoms with Crippen LogP contribution in [0.25, 0.3) is 11.1 Å². The van der Waals surface area contributed by atoms with E-state index in [0.717, 1.165) is 95.2 Å². The van der Waals surface area contributed by atoms with Crippen LogP contribution in [-0.4, -0.2) is 47.8 Å². The van der Waals surface area contributed by atoms with E-state index in [4.69, 9.17) is 9.47 Å². The number of fused-ring (bicyclic) bond motifs is 2. The van der Waals surface area contributed by atoms with E-state index < -0.39 is 27.7 Å². The summed E-state index contributed by atoms with van der Waals surface area (Å²) in [5.74, 6) is -0.142. The molecule has 0 aromatic heterocycles. The molecule has 1 fully saturated rings. The number of nitrogens with zero attached hydrogens (tertiary/aromatic N) is 1. The van der Waals surface area contributed by atoms with Gasteiger partial charge in [0.25, 0.3) is 0 Å². The molecule has 0 bridgehead atoms. The van der Waals surface area contributed by atoms with Crippen molar-refractivity contribution in [1.29, 1.82) is 0 Å². The minimum atomic E-state index is -3.42. The van der Waals surface area contributed by atoms with Crippen LogP contribution < -0.4 is 4.74 Å². The third-order valence-electron chi connectivity index (χ3n) is 9.21. The van der Waals surface area contributed by atoms with Crippen molar-refractivity contribution in [3.63, 3.8) is 0 Å². The van der Waals surface area contributed by atoms with E-state index in [1.807, 2.05) is 46.8 Å². The van der Waals surface area contributed by atoms with Crippen molar-refractivity contribution in [2.45, 2.75) is 116 Å². The molecule has 0 amide bonds. The highest BCUT2D eigenvalue weighted by atomic mass is 32.2. The summed E-state index contributed by atoms with van der Waals surface area (Å²) in [7, 11) is -3.42. The molecule has 2 aromatic carbocycles. The summed E-state index contributed by atoms with van der Waals surface area (Å²) in [4.78, 5) is 12.8. The van der Waals surface area contributed by atoms with Crippen molar-refractivity contribution < 1.29 is 27.8 Å². The second kappa shape index (κ2) is 11.3. The van der Waals surface area contributed by atoms with Gasteiger partial charge in [0, 0.05) is 18.7 Å². The zero-order chi connectivity index (χ0) is 29.7. The lowest BCUT2D eigenvalue weighted by atomic mass is 9.79. The van der Waals surface area contributed by atoms with Crippen LogP contribution in [0.3, 0.4) is 0 Å². The molecular formula is C33H45NO6S. The van der Waals surface area contributed by atoms with E-state index in [-0.39, 0.29) is 5.25 Å². The van der Waals surface area contributed by atoms with Crippen molar-refractivity contribution in [2.24, 2.45) is 0 Å². The molecule has 1 saturated carbocycles. The molecule has 2 heterocycles. The quantitative estimate of drug-likeness (QED) is 0.414. The Labute approximate surface area is 245 Å². The predicted octanol–water partition coefficient (Wildman–Crippen LogP) is 6.57. The van der Waals surface area contributed by atoms with Crippen LogP contribution in [0.15, 0.2) is 12.1 Å². The van der Waals surface area contributed by atoms with Crippen molar-refractivity contribution in [1.82, 2.24) is 4.31 Å². The molecule has 1 aliphatic carbocycles. The topological polar surface area (TPSA) is 93.1 Å². The molecule has 1 atom stereocenters. The number of carbonyl (C=O) groups is 1. The molecule has 7 nitrogen and oxygen atoms in total. The van der Waals surface area contributed by atoms with Crippen molar-refractivity contribution in [3.8, 4) is 16.9 Å². The highest BCUT2D eigenvalue weighted by Gasteiger charge is 2.39. The number of rotatable bonds is 6. The lowest BCUT2D eigenvalue weighted by Gasteiger charge is -2.37. The van der Waals surface area contributed by atoms with Gasteiger partial charge < -0.3 is 14.6 Å². The predicted molar refractivity (Wildman–Crippen MR) is 161 cm³/mol. The minimum absolute atomic E-state index is 0.308. The maximum atomic E-state index is 13.8. The van der Waals surface area contributed by atoms with Gasteiger partial charge in [-0.15, -0.1) is 0 Å². The fourth-order valence-corrected chi connectivity index (χ4v) is 9.14. The van der Waals surface area contributed by atoms with E-state index in [1.165, 1.54) is 0 Å². The Morgan fingerprint density at radius 2 is 1.68 bits per heavy atom. The van der Waals surface area contributed by atoms with Crippen LogP contribution >= 0.6 is 0 Å². The third-order valence-corrected chi connectivity index (χ3v) is 11.6. The number of benzene rings is 2. The molecule has 0 spiro atoms. The van der Waals surface area contributed by atoms with Crippen LogP contribution in [0.5, 0.6) is 5.75 Å². The Hall–Kier alpha value is -2.42. The number of carboxylic acids is 1. The second-order valence-corrected chi connectivity index (χ2v) is 15.2. The van der Waals surface area contributed by atoms with Crippen LogP contribution in [0.2, 0.25) is 0 Å². The second-order valence-electron chi connectivity index (χ2n) is 13.0. The SMILES string of the molecule is Cc1c(-c2c(C)c3c(c(C)c2[C@@H](OC(C)(C)C)C(=O)O)CCN(S(=O)(=O)C2CCCCC2)C3)ccc2c1CCCO2. The summed E-state index contributed by atoms with van der Waals surface area (Å²) in [6.45, 7) is 13.1. The zero-order valence-electron chi connectivity index (χ0n) is 25.4. The van der Waals surface area contributed by atoms with Gasteiger partial charge in [0.2, 0.25) is 10.0 Å². The summed E-state index contributed by atoms with van der Waals surface area (Å²) in [5, 5.41) is 10.2. The maximum Gasteiger partial charge on any atom is 0.337 e. The van der Waals surface area contributed by atoms with E-state index in [2.05, 4.69) is 6.92 Å². The number of hydrogen-bond donors (Lipinski definition) is 1. The first-order chi connectivity index (χ1) is 19.3. The Balaban J connectivity index is 1.71. The molecule has 0 radical (unpaired) electrons. The van der Waals surface area contributed by atoms with Gasteiger partial charge in [-0.25, -0.2) is 13.2 Å². The maximum absolute atomic E-state index is 13.8. The molecule has 0 saturated heterocycles. The van der Waals surface area contributed by atoms with Crippen LogP contribution in [0.1, 0.15) is 104 Å². The lowest BCUT2D eigenvalue weighted by Crippen LogP contribution is -2.43. The van der Waals surface area contributed by atoms with E-state index in [0.29, 0.717) is 31.7 Å². The van der Waals surface area contributed by atoms with Crippen molar-refractivity contribution in [3.05, 3.63) is 51.1 Å². The van der Waals surface area contributed by atoms with Crippen molar-refractivity contribution >= 4 is 16.0 Å². The Kier molecular flexibility index (Phi) is 8.31. The lowest BCUT2D eigenvalue weighted by molar-refractivity contribution is -0.160. The molecule has 2 aliphatic heterocycles. The zero-order valence-corrected chi connectivity index (χ0v) is 26.2.